The van der Waals surface area contributed by atoms with Gasteiger partial charge in [0.2, 0.25) is 0 Å². The maximum absolute atomic E-state index is 13.2. The number of thioether (sulfide) groups is 1. The highest BCUT2D eigenvalue weighted by Crippen LogP contribution is 2.33. The largest absolute Gasteiger partial charge is 0.416 e. The van der Waals surface area contributed by atoms with Gasteiger partial charge in [0.1, 0.15) is 0 Å². The van der Waals surface area contributed by atoms with E-state index < -0.39 is 11.7 Å². The van der Waals surface area contributed by atoms with Gasteiger partial charge in [-0.25, -0.2) is 9.97 Å². The Kier molecular flexibility index (Phi) is 5.26. The number of hydrogen-bond donors (Lipinski definition) is 0. The molecule has 0 atom stereocenters. The number of thiazole rings is 1. The fourth-order valence-corrected chi connectivity index (χ4v) is 5.06. The van der Waals surface area contributed by atoms with Crippen LogP contribution >= 0.6 is 23.1 Å². The molecule has 0 amide bonds. The summed E-state index contributed by atoms with van der Waals surface area (Å²) in [5.74, 6) is 0.369. The summed E-state index contributed by atoms with van der Waals surface area (Å²) >= 11 is 2.71. The van der Waals surface area contributed by atoms with E-state index in [9.17, 15) is 18.0 Å². The van der Waals surface area contributed by atoms with E-state index in [1.165, 1.54) is 39.6 Å². The molecule has 162 valence electrons. The number of rotatable bonds is 5. The molecular weight excluding hydrogens is 457 g/mol. The molecule has 3 heterocycles. The molecule has 3 aromatic heterocycles. The van der Waals surface area contributed by atoms with Crippen molar-refractivity contribution in [3.8, 4) is 0 Å². The number of hydrogen-bond acceptors (Lipinski definition) is 5. The van der Waals surface area contributed by atoms with Crippen molar-refractivity contribution < 1.29 is 13.2 Å². The molecule has 5 rings (SSSR count). The summed E-state index contributed by atoms with van der Waals surface area (Å²) in [5.41, 5.74) is 1.59. The summed E-state index contributed by atoms with van der Waals surface area (Å²) in [6.45, 7) is 0.463. The van der Waals surface area contributed by atoms with Crippen LogP contribution in [0, 0.1) is 0 Å². The topological polar surface area (TPSA) is 52.2 Å². The quantitative estimate of drug-likeness (QED) is 0.319. The molecule has 0 aliphatic rings. The molecule has 0 radical (unpaired) electrons. The number of nitrogens with zero attached hydrogens (tertiary/aromatic N) is 4. The van der Waals surface area contributed by atoms with Gasteiger partial charge in [0.25, 0.3) is 5.56 Å². The molecule has 0 saturated carbocycles. The molecule has 0 bridgehead atoms. The molecule has 0 N–H and O–H groups in total. The molecule has 32 heavy (non-hydrogen) atoms. The lowest BCUT2D eigenvalue weighted by Crippen LogP contribution is -2.12. The van der Waals surface area contributed by atoms with Crippen molar-refractivity contribution in [2.45, 2.75) is 23.6 Å². The Morgan fingerprint density at radius 1 is 1.03 bits per heavy atom. The minimum absolute atomic E-state index is 0.167. The van der Waals surface area contributed by atoms with Crippen LogP contribution in [0.2, 0.25) is 0 Å². The van der Waals surface area contributed by atoms with E-state index in [1.807, 2.05) is 34.9 Å². The summed E-state index contributed by atoms with van der Waals surface area (Å²) in [4.78, 5) is 21.8. The second kappa shape index (κ2) is 8.10. The average Bonchev–Trinajstić information content (AvgIpc) is 3.37. The monoisotopic (exact) mass is 472 g/mol. The molecule has 0 spiro atoms. The molecule has 10 heteroatoms. The fourth-order valence-electron chi connectivity index (χ4n) is 3.41. The maximum atomic E-state index is 13.2. The predicted molar refractivity (Wildman–Crippen MR) is 119 cm³/mol. The lowest BCUT2D eigenvalue weighted by molar-refractivity contribution is -0.137. The van der Waals surface area contributed by atoms with Gasteiger partial charge in [-0.15, -0.1) is 11.3 Å². The third-order valence-corrected chi connectivity index (χ3v) is 6.70. The van der Waals surface area contributed by atoms with Crippen molar-refractivity contribution in [3.63, 3.8) is 0 Å². The standard InChI is InChI=1S/C22H15F3N4OS2/c23-22(24,25)15-6-7-18-17(10-15)27-21(29(18)12-14-4-2-1-3-5-14)32-13-16-11-19(30)28-8-9-31-20(28)26-16/h1-11H,12-13H2. The van der Waals surface area contributed by atoms with Crippen LogP contribution in [0.4, 0.5) is 13.2 Å². The molecule has 2 aromatic carbocycles. The molecule has 0 aliphatic heterocycles. The third kappa shape index (κ3) is 4.03. The number of alkyl halides is 3. The fraction of sp³-hybridized carbons (Fsp3) is 0.136. The number of imidazole rings is 1. The Bertz CT molecular complexity index is 1470. The first-order valence-electron chi connectivity index (χ1n) is 9.58. The highest BCUT2D eigenvalue weighted by molar-refractivity contribution is 7.98. The summed E-state index contributed by atoms with van der Waals surface area (Å²) in [5, 5.41) is 2.36. The number of halogens is 3. The Morgan fingerprint density at radius 2 is 1.84 bits per heavy atom. The van der Waals surface area contributed by atoms with Crippen LogP contribution in [0.15, 0.2) is 76.1 Å². The molecule has 5 nitrogen and oxygen atoms in total. The van der Waals surface area contributed by atoms with Crippen LogP contribution in [0.25, 0.3) is 16.0 Å². The van der Waals surface area contributed by atoms with E-state index in [1.54, 1.807) is 11.6 Å². The molecule has 5 aromatic rings. The molecule has 0 unspecified atom stereocenters. The molecule has 0 aliphatic carbocycles. The van der Waals surface area contributed by atoms with Gasteiger partial charge in [-0.1, -0.05) is 42.1 Å². The van der Waals surface area contributed by atoms with Crippen LogP contribution in [0.5, 0.6) is 0 Å². The van der Waals surface area contributed by atoms with E-state index in [0.29, 0.717) is 33.6 Å². The molecule has 0 saturated heterocycles. The van der Waals surface area contributed by atoms with Crippen molar-refractivity contribution in [1.82, 2.24) is 18.9 Å². The lowest BCUT2D eigenvalue weighted by Gasteiger charge is -2.10. The van der Waals surface area contributed by atoms with Crippen molar-refractivity contribution in [3.05, 3.63) is 93.3 Å². The van der Waals surface area contributed by atoms with E-state index in [-0.39, 0.29) is 11.1 Å². The molecule has 0 fully saturated rings. The minimum Gasteiger partial charge on any atom is -0.314 e. The maximum Gasteiger partial charge on any atom is 0.416 e. The zero-order chi connectivity index (χ0) is 22.3. The summed E-state index contributed by atoms with van der Waals surface area (Å²) in [7, 11) is 0. The van der Waals surface area contributed by atoms with Gasteiger partial charge in [-0.05, 0) is 23.8 Å². The Morgan fingerprint density at radius 3 is 2.62 bits per heavy atom. The number of fused-ring (bicyclic) bond motifs is 2. The first-order valence-corrected chi connectivity index (χ1v) is 11.4. The van der Waals surface area contributed by atoms with Gasteiger partial charge in [0.05, 0.1) is 28.8 Å². The smallest absolute Gasteiger partial charge is 0.314 e. The number of benzene rings is 2. The predicted octanol–water partition coefficient (Wildman–Crippen LogP) is 5.47. The zero-order valence-corrected chi connectivity index (χ0v) is 18.0. The van der Waals surface area contributed by atoms with E-state index in [4.69, 9.17) is 0 Å². The van der Waals surface area contributed by atoms with Crippen LogP contribution in [0.3, 0.4) is 0 Å². The van der Waals surface area contributed by atoms with Gasteiger partial charge >= 0.3 is 6.18 Å². The van der Waals surface area contributed by atoms with Crippen molar-refractivity contribution in [2.75, 3.05) is 0 Å². The van der Waals surface area contributed by atoms with Gasteiger partial charge < -0.3 is 4.57 Å². The van der Waals surface area contributed by atoms with Crippen molar-refractivity contribution in [2.24, 2.45) is 0 Å². The second-order valence-corrected chi connectivity index (χ2v) is 8.91. The van der Waals surface area contributed by atoms with Gasteiger partial charge in [-0.3, -0.25) is 9.20 Å². The molecular formula is C22H15F3N4OS2. The summed E-state index contributed by atoms with van der Waals surface area (Å²) in [6, 6.07) is 14.7. The minimum atomic E-state index is -4.44. The second-order valence-electron chi connectivity index (χ2n) is 7.10. The van der Waals surface area contributed by atoms with Crippen LogP contribution in [-0.4, -0.2) is 18.9 Å². The van der Waals surface area contributed by atoms with E-state index in [0.717, 1.165) is 17.7 Å². The first kappa shape index (κ1) is 20.8. The van der Waals surface area contributed by atoms with Crippen molar-refractivity contribution >= 4 is 39.1 Å². The lowest BCUT2D eigenvalue weighted by atomic mass is 10.2. The normalized spacial score (nSPS) is 12.1. The average molecular weight is 473 g/mol. The van der Waals surface area contributed by atoms with Crippen LogP contribution < -0.4 is 5.56 Å². The highest BCUT2D eigenvalue weighted by atomic mass is 32.2. The van der Waals surface area contributed by atoms with Gasteiger partial charge in [0.15, 0.2) is 10.1 Å². The Hall–Kier alpha value is -3.11. The first-order chi connectivity index (χ1) is 15.4. The van der Waals surface area contributed by atoms with Crippen LogP contribution in [0.1, 0.15) is 16.8 Å². The number of aromatic nitrogens is 4. The summed E-state index contributed by atoms with van der Waals surface area (Å²) in [6.07, 6.45) is -2.77. The van der Waals surface area contributed by atoms with E-state index >= 15 is 0 Å². The van der Waals surface area contributed by atoms with Gasteiger partial charge in [-0.2, -0.15) is 13.2 Å². The third-order valence-electron chi connectivity index (χ3n) is 4.93. The van der Waals surface area contributed by atoms with Crippen LogP contribution in [-0.2, 0) is 18.5 Å². The Labute approximate surface area is 188 Å². The SMILES string of the molecule is O=c1cc(CSc2nc3cc(C(F)(F)F)ccc3n2Cc2ccccc2)nc2sccn12. The van der Waals surface area contributed by atoms with Crippen molar-refractivity contribution in [1.29, 1.82) is 0 Å². The Balaban J connectivity index is 1.53. The summed E-state index contributed by atoms with van der Waals surface area (Å²) < 4.78 is 43.0. The van der Waals surface area contributed by atoms with Gasteiger partial charge in [0, 0.05) is 23.4 Å². The highest BCUT2D eigenvalue weighted by Gasteiger charge is 2.31. The van der Waals surface area contributed by atoms with E-state index in [2.05, 4.69) is 9.97 Å². The zero-order valence-electron chi connectivity index (χ0n) is 16.4.